The zero-order valence-electron chi connectivity index (χ0n) is 26.4. The second kappa shape index (κ2) is 12.1. The second-order valence-corrected chi connectivity index (χ2v) is 11.9. The fraction of sp³-hybridized carbons (Fsp3) is 0. The zero-order valence-corrected chi connectivity index (χ0v) is 26.4. The topological polar surface area (TPSA) is 64.7 Å². The van der Waals surface area contributed by atoms with Crippen molar-refractivity contribution in [1.29, 1.82) is 0 Å². The van der Waals surface area contributed by atoms with Gasteiger partial charge in [0.15, 0.2) is 23.1 Å². The van der Waals surface area contributed by atoms with Crippen molar-refractivity contribution >= 4 is 21.9 Å². The Morgan fingerprint density at radius 1 is 0.347 bits per heavy atom. The minimum atomic E-state index is 0.595. The number of aromatic nitrogens is 4. The molecule has 0 spiro atoms. The highest BCUT2D eigenvalue weighted by molar-refractivity contribution is 6.04. The molecule has 0 radical (unpaired) electrons. The molecule has 2 heterocycles. The monoisotopic (exact) mass is 628 g/mol. The number of benzene rings is 7. The van der Waals surface area contributed by atoms with Gasteiger partial charge < -0.3 is 4.42 Å². The van der Waals surface area contributed by atoms with Crippen molar-refractivity contribution in [2.45, 2.75) is 0 Å². The highest BCUT2D eigenvalue weighted by Crippen LogP contribution is 2.40. The molecule has 0 bridgehead atoms. The highest BCUT2D eigenvalue weighted by Gasteiger charge is 2.18. The summed E-state index contributed by atoms with van der Waals surface area (Å²) in [7, 11) is 0. The Labute approximate surface area is 283 Å². The maximum atomic E-state index is 6.51. The van der Waals surface area contributed by atoms with Crippen molar-refractivity contribution in [3.8, 4) is 67.9 Å². The van der Waals surface area contributed by atoms with Crippen LogP contribution in [0.25, 0.3) is 89.7 Å². The standard InChI is InChI=1S/C44H28N4O/c1-3-15-30(16-4-1)41-46-42(31-17-5-2-6-18-31)48-43(47-41)33-20-13-19-32(28-33)34-21-9-10-23-36(34)37-24-11-12-25-38(37)44-45-39-27-26-29-14-7-8-22-35(29)40(39)49-44/h1-28H. The van der Waals surface area contributed by atoms with E-state index in [1.165, 1.54) is 0 Å². The first-order valence-corrected chi connectivity index (χ1v) is 16.2. The number of rotatable bonds is 6. The molecule has 7 aromatic carbocycles. The van der Waals surface area contributed by atoms with Crippen molar-refractivity contribution in [3.63, 3.8) is 0 Å². The summed E-state index contributed by atoms with van der Waals surface area (Å²) < 4.78 is 6.51. The van der Waals surface area contributed by atoms with Crippen LogP contribution >= 0.6 is 0 Å². The first kappa shape index (κ1) is 28.5. The molecule has 2 aromatic heterocycles. The molecule has 49 heavy (non-hydrogen) atoms. The Morgan fingerprint density at radius 2 is 0.857 bits per heavy atom. The molecule has 9 aromatic rings. The Balaban J connectivity index is 1.16. The summed E-state index contributed by atoms with van der Waals surface area (Å²) >= 11 is 0. The molecule has 0 fully saturated rings. The molecule has 0 aliphatic heterocycles. The Hall–Kier alpha value is -6.72. The van der Waals surface area contributed by atoms with Gasteiger partial charge in [0.05, 0.1) is 0 Å². The van der Waals surface area contributed by atoms with Crippen molar-refractivity contribution in [2.24, 2.45) is 0 Å². The van der Waals surface area contributed by atoms with Crippen LogP contribution in [0.5, 0.6) is 0 Å². The summed E-state index contributed by atoms with van der Waals surface area (Å²) in [6, 6.07) is 57.6. The molecule has 0 atom stereocenters. The van der Waals surface area contributed by atoms with E-state index in [4.69, 9.17) is 24.4 Å². The Kier molecular flexibility index (Phi) is 7.06. The molecule has 0 unspecified atom stereocenters. The van der Waals surface area contributed by atoms with Crippen LogP contribution in [-0.4, -0.2) is 19.9 Å². The van der Waals surface area contributed by atoms with Gasteiger partial charge in [-0.2, -0.15) is 0 Å². The molecular formula is C44H28N4O. The normalized spacial score (nSPS) is 11.3. The third-order valence-electron chi connectivity index (χ3n) is 8.79. The van der Waals surface area contributed by atoms with Crippen LogP contribution in [0.15, 0.2) is 174 Å². The van der Waals surface area contributed by atoms with Crippen molar-refractivity contribution in [3.05, 3.63) is 170 Å². The van der Waals surface area contributed by atoms with Gasteiger partial charge in [0.25, 0.3) is 0 Å². The van der Waals surface area contributed by atoms with E-state index in [0.717, 1.165) is 66.4 Å². The number of hydrogen-bond donors (Lipinski definition) is 0. The van der Waals surface area contributed by atoms with Crippen molar-refractivity contribution in [2.75, 3.05) is 0 Å². The summed E-state index contributed by atoms with van der Waals surface area (Å²) in [4.78, 5) is 19.8. The van der Waals surface area contributed by atoms with Crippen LogP contribution < -0.4 is 0 Å². The lowest BCUT2D eigenvalue weighted by atomic mass is 9.91. The van der Waals surface area contributed by atoms with Gasteiger partial charge in [0, 0.05) is 27.6 Å². The third kappa shape index (κ3) is 5.33. The van der Waals surface area contributed by atoms with Crippen LogP contribution in [0.2, 0.25) is 0 Å². The smallest absolute Gasteiger partial charge is 0.227 e. The fourth-order valence-corrected chi connectivity index (χ4v) is 6.41. The average molecular weight is 629 g/mol. The maximum Gasteiger partial charge on any atom is 0.227 e. The number of fused-ring (bicyclic) bond motifs is 3. The summed E-state index contributed by atoms with van der Waals surface area (Å²) in [6.07, 6.45) is 0. The largest absolute Gasteiger partial charge is 0.435 e. The van der Waals surface area contributed by atoms with Crippen LogP contribution in [0.4, 0.5) is 0 Å². The molecule has 0 aliphatic rings. The summed E-state index contributed by atoms with van der Waals surface area (Å²) in [6.45, 7) is 0. The maximum absolute atomic E-state index is 6.51. The van der Waals surface area contributed by atoms with E-state index < -0.39 is 0 Å². The number of hydrogen-bond acceptors (Lipinski definition) is 5. The average Bonchev–Trinajstić information content (AvgIpc) is 3.64. The van der Waals surface area contributed by atoms with Crippen LogP contribution in [-0.2, 0) is 0 Å². The molecule has 5 heteroatoms. The lowest BCUT2D eigenvalue weighted by Gasteiger charge is -2.14. The predicted molar refractivity (Wildman–Crippen MR) is 198 cm³/mol. The van der Waals surface area contributed by atoms with Gasteiger partial charge in [0.2, 0.25) is 5.89 Å². The molecule has 0 amide bonds. The molecule has 230 valence electrons. The van der Waals surface area contributed by atoms with Crippen molar-refractivity contribution in [1.82, 2.24) is 19.9 Å². The predicted octanol–water partition coefficient (Wildman–Crippen LogP) is 11.2. The Bertz CT molecular complexity index is 2550. The van der Waals surface area contributed by atoms with Crippen LogP contribution in [0.1, 0.15) is 0 Å². The first-order valence-electron chi connectivity index (χ1n) is 16.2. The quantitative estimate of drug-likeness (QED) is 0.183. The van der Waals surface area contributed by atoms with Gasteiger partial charge in [-0.3, -0.25) is 0 Å². The number of oxazole rings is 1. The molecule has 9 rings (SSSR count). The lowest BCUT2D eigenvalue weighted by molar-refractivity contribution is 0.623. The van der Waals surface area contributed by atoms with Crippen LogP contribution in [0.3, 0.4) is 0 Å². The van der Waals surface area contributed by atoms with Gasteiger partial charge in [-0.1, -0.05) is 152 Å². The summed E-state index contributed by atoms with van der Waals surface area (Å²) in [5.41, 5.74) is 9.60. The third-order valence-corrected chi connectivity index (χ3v) is 8.79. The van der Waals surface area contributed by atoms with Gasteiger partial charge in [-0.15, -0.1) is 0 Å². The molecular weight excluding hydrogens is 601 g/mol. The SMILES string of the molecule is c1ccc(-c2nc(-c3ccccc3)nc(-c3cccc(-c4ccccc4-c4ccccc4-c4nc5ccc6ccccc6c5o4)c3)n2)cc1. The van der Waals surface area contributed by atoms with Gasteiger partial charge in [0.1, 0.15) is 5.52 Å². The van der Waals surface area contributed by atoms with E-state index in [2.05, 4.69) is 84.9 Å². The highest BCUT2D eigenvalue weighted by atomic mass is 16.3. The molecule has 5 nitrogen and oxygen atoms in total. The molecule has 0 saturated heterocycles. The lowest BCUT2D eigenvalue weighted by Crippen LogP contribution is -2.00. The van der Waals surface area contributed by atoms with E-state index in [1.807, 2.05) is 84.9 Å². The minimum absolute atomic E-state index is 0.595. The summed E-state index contributed by atoms with van der Waals surface area (Å²) in [5, 5.41) is 2.18. The minimum Gasteiger partial charge on any atom is -0.435 e. The van der Waals surface area contributed by atoms with E-state index in [9.17, 15) is 0 Å². The first-order chi connectivity index (χ1) is 24.3. The van der Waals surface area contributed by atoms with Gasteiger partial charge in [-0.05, 0) is 45.8 Å². The molecule has 0 N–H and O–H groups in total. The number of nitrogens with zero attached hydrogens (tertiary/aromatic N) is 4. The Morgan fingerprint density at radius 3 is 1.55 bits per heavy atom. The second-order valence-electron chi connectivity index (χ2n) is 11.9. The van der Waals surface area contributed by atoms with Gasteiger partial charge >= 0.3 is 0 Å². The van der Waals surface area contributed by atoms with E-state index in [1.54, 1.807) is 0 Å². The van der Waals surface area contributed by atoms with E-state index in [-0.39, 0.29) is 0 Å². The summed E-state index contributed by atoms with van der Waals surface area (Å²) in [5.74, 6) is 2.48. The molecule has 0 aliphatic carbocycles. The zero-order chi connectivity index (χ0) is 32.6. The fourth-order valence-electron chi connectivity index (χ4n) is 6.41. The van der Waals surface area contributed by atoms with Gasteiger partial charge in [-0.25, -0.2) is 19.9 Å². The van der Waals surface area contributed by atoms with Crippen LogP contribution in [0, 0.1) is 0 Å². The van der Waals surface area contributed by atoms with E-state index in [0.29, 0.717) is 23.4 Å². The molecule has 0 saturated carbocycles. The van der Waals surface area contributed by atoms with E-state index >= 15 is 0 Å². The van der Waals surface area contributed by atoms with Crippen molar-refractivity contribution < 1.29 is 4.42 Å².